The van der Waals surface area contributed by atoms with E-state index in [9.17, 15) is 4.79 Å². The van der Waals surface area contributed by atoms with E-state index in [2.05, 4.69) is 10.7 Å². The van der Waals surface area contributed by atoms with Gasteiger partial charge in [0.05, 0.1) is 5.41 Å². The maximum atomic E-state index is 12.1. The van der Waals surface area contributed by atoms with E-state index < -0.39 is 0 Å². The number of carbonyl (C=O) groups excluding carboxylic acids is 1. The molecule has 1 aromatic rings. The molecular weight excluding hydrogens is 256 g/mol. The molecular formula is C12H19ClN2OS. The van der Waals surface area contributed by atoms with Gasteiger partial charge in [0, 0.05) is 13.1 Å². The van der Waals surface area contributed by atoms with Crippen LogP contribution >= 0.6 is 23.7 Å². The van der Waals surface area contributed by atoms with Crippen molar-refractivity contribution in [2.75, 3.05) is 6.54 Å². The van der Waals surface area contributed by atoms with Crippen molar-refractivity contribution in [3.8, 4) is 0 Å². The molecule has 1 saturated carbocycles. The van der Waals surface area contributed by atoms with Crippen LogP contribution in [0.2, 0.25) is 0 Å². The first-order valence-electron chi connectivity index (χ1n) is 5.76. The third-order valence-corrected chi connectivity index (χ3v) is 4.20. The molecule has 2 rings (SSSR count). The lowest BCUT2D eigenvalue weighted by Gasteiger charge is -2.25. The number of halogens is 1. The summed E-state index contributed by atoms with van der Waals surface area (Å²) in [6.07, 6.45) is 4.14. The largest absolute Gasteiger partial charge is 0.351 e. The lowest BCUT2D eigenvalue weighted by atomic mass is 9.85. The molecule has 0 saturated heterocycles. The van der Waals surface area contributed by atoms with Gasteiger partial charge in [-0.25, -0.2) is 0 Å². The highest BCUT2D eigenvalue weighted by atomic mass is 35.5. The number of nitrogens with two attached hydrogens (primary N) is 1. The summed E-state index contributed by atoms with van der Waals surface area (Å²) < 4.78 is 0. The minimum atomic E-state index is -0.282. The van der Waals surface area contributed by atoms with Crippen molar-refractivity contribution in [2.45, 2.75) is 32.2 Å². The molecule has 0 radical (unpaired) electrons. The highest BCUT2D eigenvalue weighted by molar-refractivity contribution is 7.07. The maximum Gasteiger partial charge on any atom is 0.227 e. The van der Waals surface area contributed by atoms with Crippen molar-refractivity contribution in [1.82, 2.24) is 5.32 Å². The van der Waals surface area contributed by atoms with Crippen LogP contribution in [-0.4, -0.2) is 12.5 Å². The van der Waals surface area contributed by atoms with Gasteiger partial charge < -0.3 is 11.1 Å². The quantitative estimate of drug-likeness (QED) is 0.885. The normalized spacial score (nSPS) is 17.5. The summed E-state index contributed by atoms with van der Waals surface area (Å²) in [6, 6.07) is 2.04. The van der Waals surface area contributed by atoms with E-state index in [-0.39, 0.29) is 23.7 Å². The Bertz CT molecular complexity index is 347. The molecule has 0 bridgehead atoms. The first-order chi connectivity index (χ1) is 7.77. The average Bonchev–Trinajstić information content (AvgIpc) is 2.97. The van der Waals surface area contributed by atoms with Gasteiger partial charge in [-0.2, -0.15) is 11.3 Å². The maximum absolute atomic E-state index is 12.1. The summed E-state index contributed by atoms with van der Waals surface area (Å²) in [6.45, 7) is 1.10. The molecule has 0 aliphatic heterocycles. The number of carbonyl (C=O) groups is 1. The summed E-state index contributed by atoms with van der Waals surface area (Å²) in [5, 5.41) is 7.09. The van der Waals surface area contributed by atoms with Gasteiger partial charge in [0.2, 0.25) is 5.91 Å². The molecule has 1 aliphatic carbocycles. The van der Waals surface area contributed by atoms with Crippen LogP contribution in [0.25, 0.3) is 0 Å². The van der Waals surface area contributed by atoms with E-state index in [1.165, 1.54) is 5.56 Å². The summed E-state index contributed by atoms with van der Waals surface area (Å²) >= 11 is 1.65. The van der Waals surface area contributed by atoms with E-state index >= 15 is 0 Å². The van der Waals surface area contributed by atoms with Gasteiger partial charge >= 0.3 is 0 Å². The molecule has 17 heavy (non-hydrogen) atoms. The molecule has 1 fully saturated rings. The Morgan fingerprint density at radius 2 is 2.18 bits per heavy atom. The molecule has 3 nitrogen and oxygen atoms in total. The third kappa shape index (κ3) is 3.21. The topological polar surface area (TPSA) is 55.1 Å². The highest BCUT2D eigenvalue weighted by Crippen LogP contribution is 2.37. The molecule has 1 aromatic heterocycles. The van der Waals surface area contributed by atoms with Crippen molar-refractivity contribution < 1.29 is 4.79 Å². The second-order valence-corrected chi connectivity index (χ2v) is 5.29. The fraction of sp³-hybridized carbons (Fsp3) is 0.583. The second kappa shape index (κ2) is 6.38. The van der Waals surface area contributed by atoms with Crippen LogP contribution in [0.15, 0.2) is 16.8 Å². The van der Waals surface area contributed by atoms with Crippen LogP contribution in [0.5, 0.6) is 0 Å². The smallest absolute Gasteiger partial charge is 0.227 e. The SMILES string of the molecule is Cl.NCC1(C(=O)NCc2ccsc2)CCCC1. The van der Waals surface area contributed by atoms with E-state index in [1.807, 2.05) is 11.4 Å². The molecule has 1 heterocycles. The zero-order chi connectivity index (χ0) is 11.4. The lowest BCUT2D eigenvalue weighted by Crippen LogP contribution is -2.43. The van der Waals surface area contributed by atoms with Gasteiger partial charge in [-0.15, -0.1) is 12.4 Å². The predicted octanol–water partition coefficient (Wildman–Crippen LogP) is 2.31. The predicted molar refractivity (Wildman–Crippen MR) is 73.4 cm³/mol. The van der Waals surface area contributed by atoms with Crippen LogP contribution in [0, 0.1) is 5.41 Å². The zero-order valence-corrected chi connectivity index (χ0v) is 11.4. The molecule has 1 aliphatic rings. The number of rotatable bonds is 4. The molecule has 5 heteroatoms. The van der Waals surface area contributed by atoms with Gasteiger partial charge in [-0.05, 0) is 35.2 Å². The van der Waals surface area contributed by atoms with Gasteiger partial charge in [-0.3, -0.25) is 4.79 Å². The second-order valence-electron chi connectivity index (χ2n) is 4.51. The number of amides is 1. The van der Waals surface area contributed by atoms with Crippen molar-refractivity contribution >= 4 is 29.7 Å². The molecule has 3 N–H and O–H groups in total. The van der Waals surface area contributed by atoms with Crippen LogP contribution in [-0.2, 0) is 11.3 Å². The number of nitrogens with one attached hydrogen (secondary N) is 1. The van der Waals surface area contributed by atoms with Crippen LogP contribution in [0.1, 0.15) is 31.2 Å². The van der Waals surface area contributed by atoms with Crippen LogP contribution in [0.4, 0.5) is 0 Å². The van der Waals surface area contributed by atoms with Crippen LogP contribution < -0.4 is 11.1 Å². The first kappa shape index (κ1) is 14.5. The number of thiophene rings is 1. The summed E-state index contributed by atoms with van der Waals surface area (Å²) in [5.74, 6) is 0.138. The molecule has 0 spiro atoms. The third-order valence-electron chi connectivity index (χ3n) is 3.47. The molecule has 0 aromatic carbocycles. The van der Waals surface area contributed by atoms with E-state index in [0.717, 1.165) is 25.7 Å². The Morgan fingerprint density at radius 1 is 1.47 bits per heavy atom. The minimum Gasteiger partial charge on any atom is -0.351 e. The standard InChI is InChI=1S/C12H18N2OS.ClH/c13-9-12(4-1-2-5-12)11(15)14-7-10-3-6-16-8-10;/h3,6,8H,1-2,4-5,7,9,13H2,(H,14,15);1H. The van der Waals surface area contributed by atoms with Gasteiger partial charge in [0.25, 0.3) is 0 Å². The Balaban J connectivity index is 0.00000144. The summed E-state index contributed by atoms with van der Waals surface area (Å²) in [5.41, 5.74) is 6.65. The lowest BCUT2D eigenvalue weighted by molar-refractivity contribution is -0.130. The number of hydrogen-bond acceptors (Lipinski definition) is 3. The van der Waals surface area contributed by atoms with Crippen molar-refractivity contribution in [2.24, 2.45) is 11.1 Å². The summed E-state index contributed by atoms with van der Waals surface area (Å²) in [4.78, 5) is 12.1. The Hall–Kier alpha value is -0.580. The zero-order valence-electron chi connectivity index (χ0n) is 9.78. The van der Waals surface area contributed by atoms with E-state index in [0.29, 0.717) is 13.1 Å². The first-order valence-corrected chi connectivity index (χ1v) is 6.71. The fourth-order valence-corrected chi connectivity index (χ4v) is 3.01. The van der Waals surface area contributed by atoms with Crippen LogP contribution in [0.3, 0.4) is 0 Å². The van der Waals surface area contributed by atoms with Crippen molar-refractivity contribution in [3.63, 3.8) is 0 Å². The van der Waals surface area contributed by atoms with E-state index in [1.54, 1.807) is 11.3 Å². The fourth-order valence-electron chi connectivity index (χ4n) is 2.34. The average molecular weight is 275 g/mol. The molecule has 0 unspecified atom stereocenters. The van der Waals surface area contributed by atoms with Crippen molar-refractivity contribution in [1.29, 1.82) is 0 Å². The molecule has 96 valence electrons. The highest BCUT2D eigenvalue weighted by Gasteiger charge is 2.39. The van der Waals surface area contributed by atoms with E-state index in [4.69, 9.17) is 5.73 Å². The van der Waals surface area contributed by atoms with Crippen molar-refractivity contribution in [3.05, 3.63) is 22.4 Å². The van der Waals surface area contributed by atoms with Gasteiger partial charge in [0.1, 0.15) is 0 Å². The Morgan fingerprint density at radius 3 is 2.71 bits per heavy atom. The number of hydrogen-bond donors (Lipinski definition) is 2. The minimum absolute atomic E-state index is 0. The Kier molecular flexibility index (Phi) is 5.43. The summed E-state index contributed by atoms with van der Waals surface area (Å²) in [7, 11) is 0. The van der Waals surface area contributed by atoms with Gasteiger partial charge in [-0.1, -0.05) is 12.8 Å². The Labute approximate surface area is 112 Å². The molecule has 0 atom stereocenters. The monoisotopic (exact) mass is 274 g/mol. The molecule has 1 amide bonds. The van der Waals surface area contributed by atoms with Gasteiger partial charge in [0.15, 0.2) is 0 Å².